The average Bonchev–Trinajstić information content (AvgIpc) is 2.73. The molecular weight excluding hydrogens is 459 g/mol. The molecule has 32 heavy (non-hydrogen) atoms. The summed E-state index contributed by atoms with van der Waals surface area (Å²) in [5, 5.41) is 0.0794. The molecule has 0 saturated heterocycles. The number of halogens is 6. The molecule has 0 atom stereocenters. The number of rotatable bonds is 7. The van der Waals surface area contributed by atoms with Crippen LogP contribution in [0.4, 0.5) is 17.6 Å². The van der Waals surface area contributed by atoms with Crippen molar-refractivity contribution >= 4 is 29.3 Å². The summed E-state index contributed by atoms with van der Waals surface area (Å²) in [5.74, 6) is 0.775. The number of benzene rings is 2. The van der Waals surface area contributed by atoms with Crippen molar-refractivity contribution in [3.63, 3.8) is 0 Å². The third kappa shape index (κ3) is 6.74. The van der Waals surface area contributed by atoms with E-state index in [2.05, 4.69) is 6.92 Å². The van der Waals surface area contributed by atoms with Gasteiger partial charge in [-0.3, -0.25) is 0 Å². The van der Waals surface area contributed by atoms with Gasteiger partial charge < -0.3 is 0 Å². The smallest absolute Gasteiger partial charge is 0.206 e. The molecule has 174 valence electrons. The van der Waals surface area contributed by atoms with Crippen molar-refractivity contribution < 1.29 is 17.6 Å². The second kappa shape index (κ2) is 11.1. The van der Waals surface area contributed by atoms with Gasteiger partial charge in [0.05, 0.1) is 0 Å². The zero-order chi connectivity index (χ0) is 23.3. The van der Waals surface area contributed by atoms with E-state index >= 15 is 0 Å². The fourth-order valence-electron chi connectivity index (χ4n) is 4.56. The molecule has 2 aromatic carbocycles. The highest BCUT2D eigenvalue weighted by molar-refractivity contribution is 6.37. The maximum atomic E-state index is 15.0. The third-order valence-corrected chi connectivity index (χ3v) is 6.98. The van der Waals surface area contributed by atoms with Gasteiger partial charge in [-0.2, -0.15) is 13.2 Å². The zero-order valence-corrected chi connectivity index (χ0v) is 19.6. The zero-order valence-electron chi connectivity index (χ0n) is 18.1. The van der Waals surface area contributed by atoms with Crippen molar-refractivity contribution in [2.24, 2.45) is 5.92 Å². The Morgan fingerprint density at radius 3 is 2.19 bits per heavy atom. The fraction of sp³-hybridized carbons (Fsp3) is 0.462. The van der Waals surface area contributed by atoms with Crippen LogP contribution < -0.4 is 0 Å². The molecule has 0 bridgehead atoms. The lowest BCUT2D eigenvalue weighted by molar-refractivity contribution is -0.0790. The van der Waals surface area contributed by atoms with Crippen molar-refractivity contribution in [3.8, 4) is 11.1 Å². The summed E-state index contributed by atoms with van der Waals surface area (Å²) in [6.07, 6.45) is 6.09. The highest BCUT2D eigenvalue weighted by atomic mass is 35.5. The van der Waals surface area contributed by atoms with Crippen molar-refractivity contribution in [1.29, 1.82) is 0 Å². The van der Waals surface area contributed by atoms with Gasteiger partial charge in [-0.1, -0.05) is 67.9 Å². The Morgan fingerprint density at radius 1 is 0.969 bits per heavy atom. The van der Waals surface area contributed by atoms with Gasteiger partial charge in [-0.15, -0.1) is 0 Å². The summed E-state index contributed by atoms with van der Waals surface area (Å²) in [6.45, 7) is 2.22. The molecule has 0 unspecified atom stereocenters. The predicted molar refractivity (Wildman–Crippen MR) is 126 cm³/mol. The van der Waals surface area contributed by atoms with Crippen molar-refractivity contribution in [1.82, 2.24) is 0 Å². The van der Waals surface area contributed by atoms with Gasteiger partial charge in [0.2, 0.25) is 0 Å². The van der Waals surface area contributed by atoms with Gasteiger partial charge in [-0.05, 0) is 72.9 Å². The molecular formula is C26H28Cl2F4. The van der Waals surface area contributed by atoms with Gasteiger partial charge in [0.25, 0.3) is 0 Å². The molecule has 0 aromatic heterocycles. The molecule has 0 N–H and O–H groups in total. The van der Waals surface area contributed by atoms with Crippen LogP contribution in [0.1, 0.15) is 75.3 Å². The maximum Gasteiger partial charge on any atom is 0.409 e. The molecule has 3 rings (SSSR count). The third-order valence-electron chi connectivity index (χ3n) is 6.36. The topological polar surface area (TPSA) is 0 Å². The van der Waals surface area contributed by atoms with Crippen molar-refractivity contribution in [2.75, 3.05) is 0 Å². The Balaban J connectivity index is 1.73. The first kappa shape index (κ1) is 25.1. The van der Waals surface area contributed by atoms with Crippen LogP contribution in [0.3, 0.4) is 0 Å². The van der Waals surface area contributed by atoms with Gasteiger partial charge in [0.1, 0.15) is 5.82 Å². The highest BCUT2D eigenvalue weighted by Crippen LogP contribution is 2.40. The Kier molecular flexibility index (Phi) is 8.68. The molecule has 1 saturated carbocycles. The number of alkyl halides is 3. The molecule has 0 aliphatic heterocycles. The van der Waals surface area contributed by atoms with Crippen LogP contribution in [0.15, 0.2) is 36.4 Å². The van der Waals surface area contributed by atoms with Gasteiger partial charge in [-0.25, -0.2) is 4.39 Å². The lowest BCUT2D eigenvalue weighted by Gasteiger charge is -2.29. The first-order valence-electron chi connectivity index (χ1n) is 11.2. The van der Waals surface area contributed by atoms with Crippen LogP contribution in [-0.4, -0.2) is 6.18 Å². The fourth-order valence-corrected chi connectivity index (χ4v) is 5.18. The van der Waals surface area contributed by atoms with E-state index in [0.717, 1.165) is 30.4 Å². The highest BCUT2D eigenvalue weighted by Gasteiger charge is 2.24. The normalized spacial score (nSPS) is 19.6. The minimum atomic E-state index is -4.47. The summed E-state index contributed by atoms with van der Waals surface area (Å²) in [6, 6.07) is 8.13. The Bertz CT molecular complexity index is 918. The summed E-state index contributed by atoms with van der Waals surface area (Å²) < 4.78 is 52.4. The van der Waals surface area contributed by atoms with E-state index in [9.17, 15) is 17.6 Å². The van der Waals surface area contributed by atoms with E-state index in [0.29, 0.717) is 17.0 Å². The molecule has 0 heterocycles. The number of hydrogen-bond acceptors (Lipinski definition) is 0. The van der Waals surface area contributed by atoms with Gasteiger partial charge in [0, 0.05) is 27.2 Å². The number of unbranched alkanes of at least 4 members (excludes halogenated alkanes) is 2. The molecule has 1 fully saturated rings. The largest absolute Gasteiger partial charge is 0.409 e. The molecule has 1 aliphatic carbocycles. The monoisotopic (exact) mass is 486 g/mol. The Morgan fingerprint density at radius 2 is 1.62 bits per heavy atom. The van der Waals surface area contributed by atoms with Crippen molar-refractivity contribution in [2.45, 2.75) is 70.4 Å². The standard InChI is InChI=1S/C26H28Cl2F4/c1-2-3-4-5-17-6-8-18(9-7-17)19-10-11-21(25(29)16-19)20-14-23(27)22(24(28)15-20)12-13-26(30,31)32/h10-18H,2-9H2,1H3/b13-12+. The van der Waals surface area contributed by atoms with E-state index in [1.54, 1.807) is 12.1 Å². The summed E-state index contributed by atoms with van der Waals surface area (Å²) >= 11 is 12.3. The first-order chi connectivity index (χ1) is 15.2. The number of hydrogen-bond donors (Lipinski definition) is 0. The van der Waals surface area contributed by atoms with Crippen LogP contribution in [0, 0.1) is 11.7 Å². The molecule has 6 heteroatoms. The number of allylic oxidation sites excluding steroid dienone is 1. The van der Waals surface area contributed by atoms with Crippen LogP contribution in [-0.2, 0) is 0 Å². The van der Waals surface area contributed by atoms with Crippen LogP contribution in [0.5, 0.6) is 0 Å². The van der Waals surface area contributed by atoms with E-state index in [1.165, 1.54) is 50.7 Å². The lowest BCUT2D eigenvalue weighted by atomic mass is 9.77. The van der Waals surface area contributed by atoms with Crippen LogP contribution in [0.2, 0.25) is 10.0 Å². The van der Waals surface area contributed by atoms with E-state index < -0.39 is 6.18 Å². The molecule has 0 radical (unpaired) electrons. The van der Waals surface area contributed by atoms with Crippen molar-refractivity contribution in [3.05, 3.63) is 63.4 Å². The lowest BCUT2D eigenvalue weighted by Crippen LogP contribution is -2.13. The second-order valence-corrected chi connectivity index (χ2v) is 9.50. The van der Waals surface area contributed by atoms with Gasteiger partial charge in [0.15, 0.2) is 0 Å². The predicted octanol–water partition coefficient (Wildman–Crippen LogP) is 10.2. The summed E-state index contributed by atoms with van der Waals surface area (Å²) in [7, 11) is 0. The molecule has 0 spiro atoms. The van der Waals surface area contributed by atoms with Gasteiger partial charge >= 0.3 is 6.18 Å². The summed E-state index contributed by atoms with van der Waals surface area (Å²) in [5.41, 5.74) is 1.83. The minimum Gasteiger partial charge on any atom is -0.206 e. The Labute approximate surface area is 197 Å². The van der Waals surface area contributed by atoms with E-state index in [-0.39, 0.29) is 27.5 Å². The minimum absolute atomic E-state index is 0.0397. The quantitative estimate of drug-likeness (QED) is 0.269. The SMILES string of the molecule is CCCCCC1CCC(c2ccc(-c3cc(Cl)c(/C=C/C(F)(F)F)c(Cl)c3)c(F)c2)CC1. The maximum absolute atomic E-state index is 15.0. The van der Waals surface area contributed by atoms with Crippen LogP contribution >= 0.6 is 23.2 Å². The molecule has 0 nitrogen and oxygen atoms in total. The van der Waals surface area contributed by atoms with E-state index in [1.807, 2.05) is 6.07 Å². The first-order valence-corrected chi connectivity index (χ1v) is 12.0. The Hall–Kier alpha value is -1.52. The van der Waals surface area contributed by atoms with E-state index in [4.69, 9.17) is 23.2 Å². The average molecular weight is 487 g/mol. The van der Waals surface area contributed by atoms with Crippen LogP contribution in [0.25, 0.3) is 17.2 Å². The summed E-state index contributed by atoms with van der Waals surface area (Å²) in [4.78, 5) is 0. The molecule has 0 amide bonds. The molecule has 2 aromatic rings. The second-order valence-electron chi connectivity index (χ2n) is 8.68. The molecule has 1 aliphatic rings.